The van der Waals surface area contributed by atoms with E-state index in [0.29, 0.717) is 5.56 Å². The lowest BCUT2D eigenvalue weighted by molar-refractivity contribution is -0.136. The van der Waals surface area contributed by atoms with Crippen molar-refractivity contribution in [2.45, 2.75) is 11.4 Å². The van der Waals surface area contributed by atoms with Crippen LogP contribution in [0.4, 0.5) is 0 Å². The number of carbonyl (C=O) groups excluding carboxylic acids is 2. The fourth-order valence-electron chi connectivity index (χ4n) is 3.42. The van der Waals surface area contributed by atoms with Crippen LogP contribution in [-0.4, -0.2) is 66.0 Å². The Morgan fingerprint density at radius 2 is 1.84 bits per heavy atom. The molecule has 162 valence electrons. The summed E-state index contributed by atoms with van der Waals surface area (Å²) in [5.74, 6) is -0.588. The highest BCUT2D eigenvalue weighted by atomic mass is 32.2. The van der Waals surface area contributed by atoms with Crippen LogP contribution >= 0.6 is 0 Å². The number of pyridine rings is 1. The SMILES string of the molecule is CN(C)C(=O)C1CN(S(=O)(=O)c2ccc(CNC(=O)c3ccc4nccn4c3)cc2)C1. The maximum atomic E-state index is 12.7. The Morgan fingerprint density at radius 3 is 2.52 bits per heavy atom. The summed E-state index contributed by atoms with van der Waals surface area (Å²) in [6, 6.07) is 9.86. The molecule has 0 unspecified atom stereocenters. The first-order valence-corrected chi connectivity index (χ1v) is 11.2. The second kappa shape index (κ2) is 8.12. The third kappa shape index (κ3) is 4.17. The standard InChI is InChI=1S/C21H23N5O4S/c1-24(2)21(28)17-13-26(14-17)31(29,30)18-6-3-15(4-7-18)11-23-20(27)16-5-8-19-22-9-10-25(19)12-16/h3-10,12,17H,11,13-14H2,1-2H3,(H,23,27). The smallest absolute Gasteiger partial charge is 0.253 e. The fraction of sp³-hybridized carbons (Fsp3) is 0.286. The Kier molecular flexibility index (Phi) is 5.50. The van der Waals surface area contributed by atoms with Crippen LogP contribution in [0.5, 0.6) is 0 Å². The predicted octanol–water partition coefficient (Wildman–Crippen LogP) is 0.973. The van der Waals surface area contributed by atoms with Crippen molar-refractivity contribution in [1.29, 1.82) is 0 Å². The molecule has 1 fully saturated rings. The Labute approximate surface area is 180 Å². The van der Waals surface area contributed by atoms with Crippen LogP contribution < -0.4 is 5.32 Å². The second-order valence-electron chi connectivity index (χ2n) is 7.69. The van der Waals surface area contributed by atoms with Crippen LogP contribution in [0.1, 0.15) is 15.9 Å². The molecule has 1 aliphatic heterocycles. The molecule has 2 amide bonds. The first-order valence-electron chi connectivity index (χ1n) is 9.77. The minimum atomic E-state index is -3.63. The maximum Gasteiger partial charge on any atom is 0.253 e. The van der Waals surface area contributed by atoms with Gasteiger partial charge in [-0.1, -0.05) is 12.1 Å². The van der Waals surface area contributed by atoms with E-state index in [-0.39, 0.29) is 42.3 Å². The van der Waals surface area contributed by atoms with Gasteiger partial charge in [-0.2, -0.15) is 4.31 Å². The Bertz CT molecular complexity index is 1230. The maximum absolute atomic E-state index is 12.7. The molecule has 0 atom stereocenters. The number of sulfonamides is 1. The number of nitrogens with one attached hydrogen (secondary N) is 1. The highest BCUT2D eigenvalue weighted by Gasteiger charge is 2.40. The molecule has 0 saturated carbocycles. The van der Waals surface area contributed by atoms with E-state index in [4.69, 9.17) is 0 Å². The van der Waals surface area contributed by atoms with Gasteiger partial charge in [0, 0.05) is 52.3 Å². The number of rotatable bonds is 6. The van der Waals surface area contributed by atoms with Crippen molar-refractivity contribution in [3.63, 3.8) is 0 Å². The fourth-order valence-corrected chi connectivity index (χ4v) is 4.95. The molecule has 3 heterocycles. The molecule has 0 radical (unpaired) electrons. The summed E-state index contributed by atoms with van der Waals surface area (Å²) in [5, 5.41) is 2.83. The first kappa shape index (κ1) is 21.0. The zero-order valence-corrected chi connectivity index (χ0v) is 18.0. The summed E-state index contributed by atoms with van der Waals surface area (Å²) < 4.78 is 28.5. The average molecular weight is 442 g/mol. The summed E-state index contributed by atoms with van der Waals surface area (Å²) >= 11 is 0. The lowest BCUT2D eigenvalue weighted by atomic mass is 10.0. The van der Waals surface area contributed by atoms with Gasteiger partial charge >= 0.3 is 0 Å². The number of amides is 2. The van der Waals surface area contributed by atoms with E-state index in [9.17, 15) is 18.0 Å². The Balaban J connectivity index is 1.35. The molecular weight excluding hydrogens is 418 g/mol. The van der Waals surface area contributed by atoms with Crippen LogP contribution in [0, 0.1) is 5.92 Å². The van der Waals surface area contributed by atoms with Crippen molar-refractivity contribution in [3.8, 4) is 0 Å². The van der Waals surface area contributed by atoms with E-state index < -0.39 is 10.0 Å². The highest BCUT2D eigenvalue weighted by molar-refractivity contribution is 7.89. The van der Waals surface area contributed by atoms with E-state index in [1.165, 1.54) is 21.3 Å². The van der Waals surface area contributed by atoms with Gasteiger partial charge in [0.1, 0.15) is 5.65 Å². The van der Waals surface area contributed by atoms with Gasteiger partial charge in [-0.3, -0.25) is 9.59 Å². The summed E-state index contributed by atoms with van der Waals surface area (Å²) in [4.78, 5) is 30.1. The molecule has 1 aromatic carbocycles. The van der Waals surface area contributed by atoms with Crippen LogP contribution in [0.25, 0.3) is 5.65 Å². The molecule has 10 heteroatoms. The third-order valence-corrected chi connectivity index (χ3v) is 7.15. The quantitative estimate of drug-likeness (QED) is 0.614. The molecule has 9 nitrogen and oxygen atoms in total. The number of fused-ring (bicyclic) bond motifs is 1. The monoisotopic (exact) mass is 441 g/mol. The lowest BCUT2D eigenvalue weighted by Gasteiger charge is -2.38. The zero-order valence-electron chi connectivity index (χ0n) is 17.2. The minimum Gasteiger partial charge on any atom is -0.348 e. The van der Waals surface area contributed by atoms with Crippen LogP contribution in [-0.2, 0) is 21.4 Å². The number of aromatic nitrogens is 2. The van der Waals surface area contributed by atoms with Crippen molar-refractivity contribution in [2.75, 3.05) is 27.2 Å². The normalized spacial score (nSPS) is 14.9. The predicted molar refractivity (Wildman–Crippen MR) is 114 cm³/mol. The molecule has 0 bridgehead atoms. The van der Waals surface area contributed by atoms with Gasteiger partial charge in [-0.15, -0.1) is 0 Å². The highest BCUT2D eigenvalue weighted by Crippen LogP contribution is 2.26. The van der Waals surface area contributed by atoms with Gasteiger partial charge < -0.3 is 14.6 Å². The van der Waals surface area contributed by atoms with Crippen molar-refractivity contribution < 1.29 is 18.0 Å². The lowest BCUT2D eigenvalue weighted by Crippen LogP contribution is -2.55. The number of benzene rings is 1. The van der Waals surface area contributed by atoms with Gasteiger partial charge in [0.15, 0.2) is 0 Å². The van der Waals surface area contributed by atoms with Crippen molar-refractivity contribution in [3.05, 3.63) is 66.1 Å². The molecule has 0 spiro atoms. The molecule has 1 N–H and O–H groups in total. The molecule has 1 saturated heterocycles. The first-order chi connectivity index (χ1) is 14.8. The average Bonchev–Trinajstić information content (AvgIpc) is 3.18. The molecule has 3 aromatic rings. The van der Waals surface area contributed by atoms with Crippen LogP contribution in [0.15, 0.2) is 59.9 Å². The number of carbonyl (C=O) groups is 2. The summed E-state index contributed by atoms with van der Waals surface area (Å²) in [5.41, 5.74) is 2.04. The van der Waals surface area contributed by atoms with Crippen molar-refractivity contribution in [2.24, 2.45) is 5.92 Å². The number of imidazole rings is 1. The second-order valence-corrected chi connectivity index (χ2v) is 9.63. The molecule has 31 heavy (non-hydrogen) atoms. The molecular formula is C21H23N5O4S. The Morgan fingerprint density at radius 1 is 1.13 bits per heavy atom. The topological polar surface area (TPSA) is 104 Å². The zero-order chi connectivity index (χ0) is 22.2. The van der Waals surface area contributed by atoms with Gasteiger partial charge in [0.05, 0.1) is 16.4 Å². The van der Waals surface area contributed by atoms with Gasteiger partial charge in [0.25, 0.3) is 5.91 Å². The number of nitrogens with zero attached hydrogens (tertiary/aromatic N) is 4. The van der Waals surface area contributed by atoms with E-state index in [1.807, 2.05) is 0 Å². The van der Waals surface area contributed by atoms with Crippen molar-refractivity contribution in [1.82, 2.24) is 23.9 Å². The third-order valence-electron chi connectivity index (χ3n) is 5.30. The van der Waals surface area contributed by atoms with E-state index >= 15 is 0 Å². The largest absolute Gasteiger partial charge is 0.348 e. The number of hydrogen-bond donors (Lipinski definition) is 1. The summed E-state index contributed by atoms with van der Waals surface area (Å²) in [6.07, 6.45) is 5.13. The van der Waals surface area contributed by atoms with Crippen molar-refractivity contribution >= 4 is 27.5 Å². The molecule has 2 aromatic heterocycles. The summed E-state index contributed by atoms with van der Waals surface area (Å²) in [6.45, 7) is 0.654. The van der Waals surface area contributed by atoms with E-state index in [2.05, 4.69) is 10.3 Å². The number of hydrogen-bond acceptors (Lipinski definition) is 5. The summed E-state index contributed by atoms with van der Waals surface area (Å²) in [7, 11) is -0.315. The Hall–Kier alpha value is -3.24. The van der Waals surface area contributed by atoms with Gasteiger partial charge in [-0.25, -0.2) is 13.4 Å². The van der Waals surface area contributed by atoms with Gasteiger partial charge in [0.2, 0.25) is 15.9 Å². The molecule has 4 rings (SSSR count). The van der Waals surface area contributed by atoms with Crippen LogP contribution in [0.3, 0.4) is 0 Å². The minimum absolute atomic E-state index is 0.0651. The van der Waals surface area contributed by atoms with Crippen LogP contribution in [0.2, 0.25) is 0 Å². The van der Waals surface area contributed by atoms with E-state index in [1.54, 1.807) is 61.4 Å². The van der Waals surface area contributed by atoms with Gasteiger partial charge in [-0.05, 0) is 29.8 Å². The molecule has 1 aliphatic rings. The van der Waals surface area contributed by atoms with E-state index in [0.717, 1.165) is 11.2 Å². The molecule has 0 aliphatic carbocycles.